The molecule has 1 unspecified atom stereocenters. The third kappa shape index (κ3) is 4.80. The highest BCUT2D eigenvalue weighted by Crippen LogP contribution is 2.40. The average Bonchev–Trinajstić information content (AvgIpc) is 2.24. The molecule has 1 N–H and O–H groups in total. The van der Waals surface area contributed by atoms with Crippen molar-refractivity contribution in [3.63, 3.8) is 0 Å². The Hall–Kier alpha value is -1.64. The number of aliphatic hydroxyl groups excluding tert-OH is 1. The number of halogens is 6. The summed E-state index contributed by atoms with van der Waals surface area (Å²) < 4.78 is 80.4. The van der Waals surface area contributed by atoms with Crippen LogP contribution in [0.25, 0.3) is 0 Å². The Labute approximate surface area is 109 Å². The number of hydrogen-bond donors (Lipinski definition) is 1. The lowest BCUT2D eigenvalue weighted by molar-refractivity contribution is -0.277. The molecular formula is C11H10F6O3. The van der Waals surface area contributed by atoms with Gasteiger partial charge in [0.25, 0.3) is 0 Å². The summed E-state index contributed by atoms with van der Waals surface area (Å²) in [5.41, 5.74) is -0.704. The molecule has 1 aromatic rings. The second-order valence-electron chi connectivity index (χ2n) is 3.69. The van der Waals surface area contributed by atoms with Crippen LogP contribution >= 0.6 is 0 Å². The van der Waals surface area contributed by atoms with Crippen LogP contribution in [0.4, 0.5) is 26.3 Å². The molecule has 0 heterocycles. The summed E-state index contributed by atoms with van der Waals surface area (Å²) in [5.74, 6) is -1.87. The molecule has 114 valence electrons. The van der Waals surface area contributed by atoms with Crippen molar-refractivity contribution < 1.29 is 40.9 Å². The van der Waals surface area contributed by atoms with Gasteiger partial charge in [-0.05, 0) is 18.6 Å². The minimum atomic E-state index is -5.10. The van der Waals surface area contributed by atoms with Gasteiger partial charge in [-0.1, -0.05) is 13.0 Å². The molecule has 0 spiro atoms. The number of alkyl halides is 6. The molecule has 9 heteroatoms. The molecule has 1 atom stereocenters. The molecule has 20 heavy (non-hydrogen) atoms. The van der Waals surface area contributed by atoms with E-state index in [-0.39, 0.29) is 6.42 Å². The van der Waals surface area contributed by atoms with Crippen LogP contribution in [0.3, 0.4) is 0 Å². The van der Waals surface area contributed by atoms with Gasteiger partial charge in [-0.3, -0.25) is 0 Å². The van der Waals surface area contributed by atoms with Crippen LogP contribution < -0.4 is 9.47 Å². The van der Waals surface area contributed by atoms with Crippen molar-refractivity contribution in [2.24, 2.45) is 0 Å². The Kier molecular flexibility index (Phi) is 4.74. The minimum absolute atomic E-state index is 0.119. The fourth-order valence-corrected chi connectivity index (χ4v) is 1.48. The van der Waals surface area contributed by atoms with Gasteiger partial charge in [-0.2, -0.15) is 0 Å². The predicted molar refractivity (Wildman–Crippen MR) is 55.1 cm³/mol. The first-order valence-electron chi connectivity index (χ1n) is 5.36. The highest BCUT2D eigenvalue weighted by Gasteiger charge is 2.36. The highest BCUT2D eigenvalue weighted by atomic mass is 19.4. The van der Waals surface area contributed by atoms with Gasteiger partial charge in [-0.25, -0.2) is 0 Å². The molecular weight excluding hydrogens is 294 g/mol. The zero-order valence-corrected chi connectivity index (χ0v) is 10.0. The van der Waals surface area contributed by atoms with Crippen molar-refractivity contribution in [1.29, 1.82) is 0 Å². The summed E-state index contributed by atoms with van der Waals surface area (Å²) in [5, 5.41) is 9.59. The first-order valence-corrected chi connectivity index (χ1v) is 5.36. The maximum Gasteiger partial charge on any atom is 0.573 e. The van der Waals surface area contributed by atoms with E-state index < -0.39 is 35.9 Å². The van der Waals surface area contributed by atoms with Crippen LogP contribution in [-0.4, -0.2) is 17.8 Å². The number of rotatable bonds is 4. The molecule has 0 amide bonds. The molecule has 1 rings (SSSR count). The summed E-state index contributed by atoms with van der Waals surface area (Å²) in [6.07, 6.45) is -11.9. The average molecular weight is 304 g/mol. The summed E-state index contributed by atoms with van der Waals surface area (Å²) in [6, 6.07) is 2.49. The molecule has 0 aliphatic rings. The minimum Gasteiger partial charge on any atom is -0.405 e. The second kappa shape index (κ2) is 5.78. The van der Waals surface area contributed by atoms with Crippen molar-refractivity contribution in [3.8, 4) is 11.5 Å². The molecule has 1 aromatic carbocycles. The monoisotopic (exact) mass is 304 g/mol. The summed E-state index contributed by atoms with van der Waals surface area (Å²) in [6.45, 7) is 1.38. The van der Waals surface area contributed by atoms with Gasteiger partial charge in [-0.15, -0.1) is 26.3 Å². The van der Waals surface area contributed by atoms with Crippen LogP contribution in [0.15, 0.2) is 18.2 Å². The van der Waals surface area contributed by atoms with Gasteiger partial charge in [0.1, 0.15) is 11.5 Å². The number of aliphatic hydroxyl groups is 1. The largest absolute Gasteiger partial charge is 0.573 e. The Morgan fingerprint density at radius 2 is 1.40 bits per heavy atom. The van der Waals surface area contributed by atoms with E-state index in [1.807, 2.05) is 0 Å². The van der Waals surface area contributed by atoms with Crippen LogP contribution in [0.1, 0.15) is 25.0 Å². The van der Waals surface area contributed by atoms with Gasteiger partial charge in [0.05, 0.1) is 11.7 Å². The fourth-order valence-electron chi connectivity index (χ4n) is 1.48. The van der Waals surface area contributed by atoms with Crippen LogP contribution in [0, 0.1) is 0 Å². The lowest BCUT2D eigenvalue weighted by Crippen LogP contribution is -2.21. The van der Waals surface area contributed by atoms with Gasteiger partial charge < -0.3 is 14.6 Å². The lowest BCUT2D eigenvalue weighted by Gasteiger charge is -2.20. The van der Waals surface area contributed by atoms with E-state index in [2.05, 4.69) is 9.47 Å². The molecule has 3 nitrogen and oxygen atoms in total. The van der Waals surface area contributed by atoms with Crippen molar-refractivity contribution in [2.45, 2.75) is 32.2 Å². The summed E-state index contributed by atoms with van der Waals surface area (Å²) in [4.78, 5) is 0. The quantitative estimate of drug-likeness (QED) is 0.857. The smallest absolute Gasteiger partial charge is 0.405 e. The van der Waals surface area contributed by atoms with E-state index in [0.717, 1.165) is 18.2 Å². The van der Waals surface area contributed by atoms with Gasteiger partial charge >= 0.3 is 12.7 Å². The van der Waals surface area contributed by atoms with E-state index in [9.17, 15) is 31.4 Å². The van der Waals surface area contributed by atoms with Crippen LogP contribution in [-0.2, 0) is 0 Å². The highest BCUT2D eigenvalue weighted by molar-refractivity contribution is 5.46. The second-order valence-corrected chi connectivity index (χ2v) is 3.69. The summed E-state index contributed by atoms with van der Waals surface area (Å²) in [7, 11) is 0. The van der Waals surface area contributed by atoms with Crippen LogP contribution in [0.5, 0.6) is 11.5 Å². The summed E-state index contributed by atoms with van der Waals surface area (Å²) >= 11 is 0. The molecule has 0 radical (unpaired) electrons. The van der Waals surface area contributed by atoms with Crippen molar-refractivity contribution in [1.82, 2.24) is 0 Å². The number of ether oxygens (including phenoxy) is 2. The molecule has 0 aliphatic carbocycles. The van der Waals surface area contributed by atoms with Crippen LogP contribution in [0.2, 0.25) is 0 Å². The first kappa shape index (κ1) is 16.4. The Morgan fingerprint density at radius 3 is 1.70 bits per heavy atom. The third-order valence-electron chi connectivity index (χ3n) is 2.20. The topological polar surface area (TPSA) is 38.7 Å². The molecule has 0 aliphatic heterocycles. The molecule has 0 fully saturated rings. The Morgan fingerprint density at radius 1 is 1.00 bits per heavy atom. The zero-order chi connectivity index (χ0) is 15.6. The first-order chi connectivity index (χ1) is 9.03. The maximum absolute atomic E-state index is 12.2. The van der Waals surface area contributed by atoms with Crippen molar-refractivity contribution in [2.75, 3.05) is 0 Å². The van der Waals surface area contributed by atoms with Gasteiger partial charge in [0.15, 0.2) is 0 Å². The van der Waals surface area contributed by atoms with E-state index in [1.165, 1.54) is 6.92 Å². The molecule has 0 saturated heterocycles. The SMILES string of the molecule is CCC(O)c1c(OC(F)(F)F)cccc1OC(F)(F)F. The predicted octanol–water partition coefficient (Wildman–Crippen LogP) is 3.93. The Balaban J connectivity index is 3.27. The zero-order valence-electron chi connectivity index (χ0n) is 10.0. The van der Waals surface area contributed by atoms with E-state index in [0.29, 0.717) is 0 Å². The Bertz CT molecular complexity index is 420. The normalized spacial score (nSPS) is 14.0. The van der Waals surface area contributed by atoms with E-state index >= 15 is 0 Å². The molecule has 0 saturated carbocycles. The number of benzene rings is 1. The third-order valence-corrected chi connectivity index (χ3v) is 2.20. The lowest BCUT2D eigenvalue weighted by atomic mass is 10.0. The van der Waals surface area contributed by atoms with Gasteiger partial charge in [0, 0.05) is 0 Å². The van der Waals surface area contributed by atoms with E-state index in [1.54, 1.807) is 0 Å². The molecule has 0 aromatic heterocycles. The van der Waals surface area contributed by atoms with Gasteiger partial charge in [0.2, 0.25) is 0 Å². The van der Waals surface area contributed by atoms with E-state index in [4.69, 9.17) is 0 Å². The van der Waals surface area contributed by atoms with Crippen molar-refractivity contribution in [3.05, 3.63) is 23.8 Å². The fraction of sp³-hybridized carbons (Fsp3) is 0.455. The standard InChI is InChI=1S/C11H10F6O3/c1-2-6(18)9-7(19-10(12,13)14)4-3-5-8(9)20-11(15,16)17/h3-6,18H,2H2,1H3. The molecule has 0 bridgehead atoms. The number of hydrogen-bond acceptors (Lipinski definition) is 3. The maximum atomic E-state index is 12.2. The van der Waals surface area contributed by atoms with Crippen molar-refractivity contribution >= 4 is 0 Å².